The van der Waals surface area contributed by atoms with Crippen molar-refractivity contribution in [1.29, 1.82) is 0 Å². The number of para-hydroxylation sites is 1. The summed E-state index contributed by atoms with van der Waals surface area (Å²) in [5.74, 6) is 1.80. The van der Waals surface area contributed by atoms with Gasteiger partial charge in [0.15, 0.2) is 0 Å². The van der Waals surface area contributed by atoms with E-state index < -0.39 is 5.41 Å². The Bertz CT molecular complexity index is 2150. The number of hydrogen-bond donors (Lipinski definition) is 0. The number of fused-ring (bicyclic) bond motifs is 14. The van der Waals surface area contributed by atoms with Crippen molar-refractivity contribution in [2.24, 2.45) is 0 Å². The standard InChI is InChI=1S/C37H20Br2OS/c38-21-13-15-25-23-7-1-2-8-24(23)26-16-14-22(39)18-31(26)37(30(25)17-21)29-10-4-5-11-33(29)40-34-19-28-27-9-3-6-12-35(27)41-36(28)20-32(34)37/h1-20H. The minimum atomic E-state index is -0.619. The lowest BCUT2D eigenvalue weighted by Crippen LogP contribution is -2.34. The zero-order chi connectivity index (χ0) is 27.3. The largest absolute Gasteiger partial charge is 0.457 e. The molecule has 4 heteroatoms. The van der Waals surface area contributed by atoms with E-state index in [0.29, 0.717) is 0 Å². The molecule has 0 fully saturated rings. The molecule has 1 aromatic heterocycles. The van der Waals surface area contributed by atoms with Crippen molar-refractivity contribution in [3.63, 3.8) is 0 Å². The molecule has 7 aromatic rings. The molecular weight excluding hydrogens is 652 g/mol. The van der Waals surface area contributed by atoms with E-state index >= 15 is 0 Å². The summed E-state index contributed by atoms with van der Waals surface area (Å²) in [6.07, 6.45) is 0. The molecule has 0 saturated heterocycles. The van der Waals surface area contributed by atoms with Crippen LogP contribution < -0.4 is 4.74 Å². The summed E-state index contributed by atoms with van der Waals surface area (Å²) < 4.78 is 11.5. The number of ether oxygens (including phenoxy) is 1. The van der Waals surface area contributed by atoms with Crippen molar-refractivity contribution in [1.82, 2.24) is 0 Å². The fourth-order valence-corrected chi connectivity index (χ4v) is 8.91. The van der Waals surface area contributed by atoms with E-state index in [1.165, 1.54) is 59.1 Å². The quantitative estimate of drug-likeness (QED) is 0.156. The van der Waals surface area contributed by atoms with Crippen LogP contribution in [0.15, 0.2) is 130 Å². The van der Waals surface area contributed by atoms with E-state index in [1.54, 1.807) is 0 Å². The maximum Gasteiger partial charge on any atom is 0.132 e. The normalized spacial score (nSPS) is 14.0. The molecule has 0 N–H and O–H groups in total. The minimum Gasteiger partial charge on any atom is -0.457 e. The highest BCUT2D eigenvalue weighted by Gasteiger charge is 2.49. The third-order valence-electron chi connectivity index (χ3n) is 8.67. The van der Waals surface area contributed by atoms with Gasteiger partial charge in [0.1, 0.15) is 11.5 Å². The highest BCUT2D eigenvalue weighted by atomic mass is 79.9. The van der Waals surface area contributed by atoms with E-state index in [-0.39, 0.29) is 0 Å². The van der Waals surface area contributed by atoms with Crippen LogP contribution in [0.3, 0.4) is 0 Å². The number of rotatable bonds is 0. The highest BCUT2D eigenvalue weighted by molar-refractivity contribution is 9.10. The van der Waals surface area contributed by atoms with E-state index in [9.17, 15) is 0 Å². The van der Waals surface area contributed by atoms with Crippen LogP contribution in [0.1, 0.15) is 22.3 Å². The summed E-state index contributed by atoms with van der Waals surface area (Å²) >= 11 is 9.58. The molecule has 0 saturated carbocycles. The van der Waals surface area contributed by atoms with Gasteiger partial charge in [0.05, 0.1) is 5.41 Å². The van der Waals surface area contributed by atoms with Gasteiger partial charge in [0, 0.05) is 40.2 Å². The van der Waals surface area contributed by atoms with Gasteiger partial charge >= 0.3 is 0 Å². The fraction of sp³-hybridized carbons (Fsp3) is 0.0270. The molecular formula is C37H20Br2OS. The van der Waals surface area contributed by atoms with Crippen LogP contribution in [0.4, 0.5) is 0 Å². The SMILES string of the molecule is Brc1ccc2c(c1)C1(c3ccccc3Oc3cc4c(cc31)sc1ccccc14)c1cc(Br)ccc1-c1ccccc1-2. The first-order chi connectivity index (χ1) is 20.1. The number of hydrogen-bond acceptors (Lipinski definition) is 2. The zero-order valence-electron chi connectivity index (χ0n) is 21.6. The first kappa shape index (κ1) is 24.0. The average molecular weight is 672 g/mol. The Labute approximate surface area is 258 Å². The molecule has 2 heterocycles. The molecule has 0 unspecified atom stereocenters. The Kier molecular flexibility index (Phi) is 5.06. The van der Waals surface area contributed by atoms with Gasteiger partial charge in [-0.1, -0.05) is 105 Å². The summed E-state index contributed by atoms with van der Waals surface area (Å²) in [6, 6.07) is 44.3. The van der Waals surface area contributed by atoms with Crippen molar-refractivity contribution in [2.45, 2.75) is 5.41 Å². The second-order valence-corrected chi connectivity index (χ2v) is 13.6. The monoisotopic (exact) mass is 670 g/mol. The fourth-order valence-electron chi connectivity index (χ4n) is 7.06. The van der Waals surface area contributed by atoms with Gasteiger partial charge in [-0.25, -0.2) is 0 Å². The molecule has 0 radical (unpaired) electrons. The molecule has 0 atom stereocenters. The number of halogens is 2. The Balaban J connectivity index is 1.55. The summed E-state index contributed by atoms with van der Waals surface area (Å²) in [5.41, 5.74) is 9.13. The van der Waals surface area contributed by atoms with E-state index in [4.69, 9.17) is 4.74 Å². The first-order valence-electron chi connectivity index (χ1n) is 13.6. The third-order valence-corrected chi connectivity index (χ3v) is 10.8. The molecule has 2 aliphatic rings. The smallest absolute Gasteiger partial charge is 0.132 e. The average Bonchev–Trinajstić information content (AvgIpc) is 3.32. The van der Waals surface area contributed by atoms with Crippen molar-refractivity contribution < 1.29 is 4.74 Å². The van der Waals surface area contributed by atoms with Gasteiger partial charge in [-0.15, -0.1) is 11.3 Å². The van der Waals surface area contributed by atoms with Crippen molar-refractivity contribution in [3.05, 3.63) is 153 Å². The van der Waals surface area contributed by atoms with E-state index in [1.807, 2.05) is 11.3 Å². The molecule has 0 bridgehead atoms. The van der Waals surface area contributed by atoms with Gasteiger partial charge in [-0.3, -0.25) is 0 Å². The molecule has 194 valence electrons. The van der Waals surface area contributed by atoms with Gasteiger partial charge in [-0.2, -0.15) is 0 Å². The Morgan fingerprint density at radius 1 is 0.463 bits per heavy atom. The van der Waals surface area contributed by atoms with Crippen LogP contribution in [-0.2, 0) is 5.41 Å². The summed E-state index contributed by atoms with van der Waals surface area (Å²) in [6.45, 7) is 0. The summed E-state index contributed by atoms with van der Waals surface area (Å²) in [4.78, 5) is 0. The van der Waals surface area contributed by atoms with Crippen LogP contribution in [0, 0.1) is 0 Å². The Morgan fingerprint density at radius 2 is 1.10 bits per heavy atom. The minimum absolute atomic E-state index is 0.619. The molecule has 1 aliphatic carbocycles. The molecule has 1 nitrogen and oxygen atoms in total. The second kappa shape index (κ2) is 8.65. The Morgan fingerprint density at radius 3 is 1.83 bits per heavy atom. The van der Waals surface area contributed by atoms with Crippen molar-refractivity contribution in [3.8, 4) is 33.8 Å². The third kappa shape index (κ3) is 3.21. The van der Waals surface area contributed by atoms with Crippen LogP contribution in [0.2, 0.25) is 0 Å². The van der Waals surface area contributed by atoms with Crippen LogP contribution in [-0.4, -0.2) is 0 Å². The van der Waals surface area contributed by atoms with Crippen LogP contribution in [0.5, 0.6) is 11.5 Å². The number of thiophene rings is 1. The number of benzene rings is 6. The molecule has 6 aromatic carbocycles. The second-order valence-electron chi connectivity index (χ2n) is 10.7. The maximum atomic E-state index is 6.82. The maximum absolute atomic E-state index is 6.82. The Hall–Kier alpha value is -3.70. The van der Waals surface area contributed by atoms with Gasteiger partial charge in [0.2, 0.25) is 0 Å². The lowest BCUT2D eigenvalue weighted by molar-refractivity contribution is 0.436. The van der Waals surface area contributed by atoms with Gasteiger partial charge in [0.25, 0.3) is 0 Å². The molecule has 1 spiro atoms. The zero-order valence-corrected chi connectivity index (χ0v) is 25.6. The predicted molar refractivity (Wildman–Crippen MR) is 178 cm³/mol. The topological polar surface area (TPSA) is 9.23 Å². The van der Waals surface area contributed by atoms with E-state index in [0.717, 1.165) is 26.0 Å². The van der Waals surface area contributed by atoms with Crippen LogP contribution in [0.25, 0.3) is 42.4 Å². The molecule has 1 aliphatic heterocycles. The molecule has 9 rings (SSSR count). The van der Waals surface area contributed by atoms with Crippen LogP contribution >= 0.6 is 43.2 Å². The van der Waals surface area contributed by atoms with Gasteiger partial charge < -0.3 is 4.74 Å². The van der Waals surface area contributed by atoms with Gasteiger partial charge in [-0.05, 0) is 81.9 Å². The summed E-state index contributed by atoms with van der Waals surface area (Å²) in [5, 5.41) is 2.51. The first-order valence-corrected chi connectivity index (χ1v) is 16.0. The highest BCUT2D eigenvalue weighted by Crippen LogP contribution is 2.62. The predicted octanol–water partition coefficient (Wildman–Crippen LogP) is 11.7. The van der Waals surface area contributed by atoms with Crippen molar-refractivity contribution >= 4 is 63.4 Å². The summed E-state index contributed by atoms with van der Waals surface area (Å²) in [7, 11) is 0. The lowest BCUT2D eigenvalue weighted by Gasteiger charge is -2.42. The molecule has 0 amide bonds. The lowest BCUT2D eigenvalue weighted by atomic mass is 9.62. The molecule has 41 heavy (non-hydrogen) atoms. The van der Waals surface area contributed by atoms with E-state index in [2.05, 4.69) is 153 Å². The van der Waals surface area contributed by atoms with Crippen molar-refractivity contribution in [2.75, 3.05) is 0 Å².